The highest BCUT2D eigenvalue weighted by molar-refractivity contribution is 7.08. The van der Waals surface area contributed by atoms with Crippen LogP contribution >= 0.6 is 11.3 Å². The van der Waals surface area contributed by atoms with Gasteiger partial charge in [-0.05, 0) is 22.9 Å². The van der Waals surface area contributed by atoms with E-state index in [1.165, 1.54) is 11.3 Å². The second kappa shape index (κ2) is 8.48. The Labute approximate surface area is 140 Å². The van der Waals surface area contributed by atoms with E-state index in [-0.39, 0.29) is 24.3 Å². The molecule has 122 valence electrons. The van der Waals surface area contributed by atoms with Crippen LogP contribution in [0, 0.1) is 5.92 Å². The molecule has 0 bridgehead atoms. The Balaban J connectivity index is 1.82. The summed E-state index contributed by atoms with van der Waals surface area (Å²) < 4.78 is 0. The zero-order valence-electron chi connectivity index (χ0n) is 13.4. The Kier molecular flexibility index (Phi) is 6.35. The van der Waals surface area contributed by atoms with Gasteiger partial charge in [0, 0.05) is 23.9 Å². The zero-order valence-corrected chi connectivity index (χ0v) is 14.2. The zero-order chi connectivity index (χ0) is 16.7. The lowest BCUT2D eigenvalue weighted by molar-refractivity contribution is -0.122. The summed E-state index contributed by atoms with van der Waals surface area (Å²) in [5.41, 5.74) is 1.73. The fourth-order valence-electron chi connectivity index (χ4n) is 2.33. The summed E-state index contributed by atoms with van der Waals surface area (Å²) in [6.45, 7) is 4.49. The van der Waals surface area contributed by atoms with E-state index in [0.717, 1.165) is 5.56 Å². The van der Waals surface area contributed by atoms with Crippen molar-refractivity contribution in [3.63, 3.8) is 0 Å². The van der Waals surface area contributed by atoms with Gasteiger partial charge in [-0.3, -0.25) is 9.59 Å². The molecule has 4 nitrogen and oxygen atoms in total. The molecule has 1 heterocycles. The number of nitrogens with one attached hydrogen (secondary N) is 2. The predicted molar refractivity (Wildman–Crippen MR) is 93.4 cm³/mol. The van der Waals surface area contributed by atoms with E-state index in [4.69, 9.17) is 0 Å². The summed E-state index contributed by atoms with van der Waals surface area (Å²) in [5.74, 6) is 0.0995. The van der Waals surface area contributed by atoms with Crippen LogP contribution in [0.5, 0.6) is 0 Å². The first-order valence-corrected chi connectivity index (χ1v) is 8.67. The van der Waals surface area contributed by atoms with E-state index in [1.807, 2.05) is 35.7 Å². The van der Waals surface area contributed by atoms with Gasteiger partial charge in [0.25, 0.3) is 5.91 Å². The molecule has 0 spiro atoms. The SMILES string of the molecule is CC(C)C(NC(=O)CCNC(=O)c1ccsc1)c1ccccc1. The van der Waals surface area contributed by atoms with Crippen molar-refractivity contribution in [2.24, 2.45) is 5.92 Å². The van der Waals surface area contributed by atoms with Crippen molar-refractivity contribution >= 4 is 23.2 Å². The third kappa shape index (κ3) is 5.21. The number of thiophene rings is 1. The van der Waals surface area contributed by atoms with E-state index in [0.29, 0.717) is 18.0 Å². The Bertz CT molecular complexity index is 624. The van der Waals surface area contributed by atoms with Crippen LogP contribution in [0.4, 0.5) is 0 Å². The Morgan fingerprint density at radius 2 is 1.87 bits per heavy atom. The van der Waals surface area contributed by atoms with Crippen molar-refractivity contribution in [3.8, 4) is 0 Å². The Morgan fingerprint density at radius 1 is 1.13 bits per heavy atom. The third-order valence-electron chi connectivity index (χ3n) is 3.56. The van der Waals surface area contributed by atoms with Gasteiger partial charge in [0.15, 0.2) is 0 Å². The third-order valence-corrected chi connectivity index (χ3v) is 4.25. The fourth-order valence-corrected chi connectivity index (χ4v) is 2.96. The summed E-state index contributed by atoms with van der Waals surface area (Å²) in [4.78, 5) is 23.9. The number of hydrogen-bond donors (Lipinski definition) is 2. The molecule has 0 aliphatic carbocycles. The van der Waals surface area contributed by atoms with Gasteiger partial charge < -0.3 is 10.6 Å². The summed E-state index contributed by atoms with van der Waals surface area (Å²) in [6.07, 6.45) is 0.270. The maximum Gasteiger partial charge on any atom is 0.252 e. The second-order valence-electron chi connectivity index (χ2n) is 5.72. The topological polar surface area (TPSA) is 58.2 Å². The highest BCUT2D eigenvalue weighted by Crippen LogP contribution is 2.21. The van der Waals surface area contributed by atoms with Crippen molar-refractivity contribution in [2.45, 2.75) is 26.3 Å². The van der Waals surface area contributed by atoms with Gasteiger partial charge in [-0.25, -0.2) is 0 Å². The van der Waals surface area contributed by atoms with Crippen LogP contribution in [0.1, 0.15) is 42.2 Å². The standard InChI is InChI=1S/C18H22N2O2S/c1-13(2)17(14-6-4-3-5-7-14)20-16(21)8-10-19-18(22)15-9-11-23-12-15/h3-7,9,11-13,17H,8,10H2,1-2H3,(H,19,22)(H,20,21). The molecule has 2 amide bonds. The molecule has 1 atom stereocenters. The number of hydrogen-bond acceptors (Lipinski definition) is 3. The highest BCUT2D eigenvalue weighted by atomic mass is 32.1. The number of amides is 2. The van der Waals surface area contributed by atoms with Crippen LogP contribution < -0.4 is 10.6 Å². The molecule has 0 saturated heterocycles. The summed E-state index contributed by atoms with van der Waals surface area (Å²) >= 11 is 1.48. The summed E-state index contributed by atoms with van der Waals surface area (Å²) in [6, 6.07) is 11.7. The first kappa shape index (κ1) is 17.2. The van der Waals surface area contributed by atoms with Crippen LogP contribution in [-0.2, 0) is 4.79 Å². The molecule has 1 unspecified atom stereocenters. The predicted octanol–water partition coefficient (Wildman–Crippen LogP) is 3.38. The lowest BCUT2D eigenvalue weighted by Crippen LogP contribution is -2.34. The molecule has 2 rings (SSSR count). The van der Waals surface area contributed by atoms with E-state index in [2.05, 4.69) is 24.5 Å². The van der Waals surface area contributed by atoms with Gasteiger partial charge in [-0.15, -0.1) is 0 Å². The molecule has 0 aliphatic rings. The van der Waals surface area contributed by atoms with E-state index >= 15 is 0 Å². The number of benzene rings is 1. The van der Waals surface area contributed by atoms with Crippen molar-refractivity contribution < 1.29 is 9.59 Å². The van der Waals surface area contributed by atoms with Crippen LogP contribution in [0.3, 0.4) is 0 Å². The molecule has 2 aromatic rings. The first-order chi connectivity index (χ1) is 11.1. The van der Waals surface area contributed by atoms with Gasteiger partial charge >= 0.3 is 0 Å². The molecule has 2 N–H and O–H groups in total. The van der Waals surface area contributed by atoms with Gasteiger partial charge in [0.2, 0.25) is 5.91 Å². The van der Waals surface area contributed by atoms with E-state index in [1.54, 1.807) is 11.4 Å². The van der Waals surface area contributed by atoms with Crippen LogP contribution in [0.15, 0.2) is 47.2 Å². The second-order valence-corrected chi connectivity index (χ2v) is 6.50. The Morgan fingerprint density at radius 3 is 2.48 bits per heavy atom. The average molecular weight is 330 g/mol. The van der Waals surface area contributed by atoms with Crippen molar-refractivity contribution in [3.05, 3.63) is 58.3 Å². The molecule has 5 heteroatoms. The minimum atomic E-state index is -0.137. The number of carbonyl (C=O) groups is 2. The van der Waals surface area contributed by atoms with Crippen molar-refractivity contribution in [1.82, 2.24) is 10.6 Å². The average Bonchev–Trinajstić information content (AvgIpc) is 3.07. The largest absolute Gasteiger partial charge is 0.351 e. The minimum absolute atomic E-state index is 0.0173. The molecule has 0 fully saturated rings. The van der Waals surface area contributed by atoms with Gasteiger partial charge in [-0.2, -0.15) is 11.3 Å². The molecular weight excluding hydrogens is 308 g/mol. The number of carbonyl (C=O) groups excluding carboxylic acids is 2. The molecule has 1 aromatic heterocycles. The summed E-state index contributed by atoms with van der Waals surface area (Å²) in [5, 5.41) is 9.47. The minimum Gasteiger partial charge on any atom is -0.351 e. The van der Waals surface area contributed by atoms with Gasteiger partial charge in [0.05, 0.1) is 6.04 Å². The molecule has 0 radical (unpaired) electrons. The van der Waals surface area contributed by atoms with Gasteiger partial charge in [-0.1, -0.05) is 44.2 Å². The molecule has 0 aliphatic heterocycles. The quantitative estimate of drug-likeness (QED) is 0.817. The molecule has 1 aromatic carbocycles. The maximum absolute atomic E-state index is 12.1. The van der Waals surface area contributed by atoms with Crippen LogP contribution in [0.2, 0.25) is 0 Å². The number of rotatable bonds is 7. The smallest absolute Gasteiger partial charge is 0.252 e. The lowest BCUT2D eigenvalue weighted by atomic mass is 9.96. The first-order valence-electron chi connectivity index (χ1n) is 7.72. The maximum atomic E-state index is 12.1. The molecular formula is C18H22N2O2S. The molecule has 23 heavy (non-hydrogen) atoms. The monoisotopic (exact) mass is 330 g/mol. The lowest BCUT2D eigenvalue weighted by Gasteiger charge is -2.23. The fraction of sp³-hybridized carbons (Fsp3) is 0.333. The highest BCUT2D eigenvalue weighted by Gasteiger charge is 2.18. The molecule has 0 saturated carbocycles. The Hall–Kier alpha value is -2.14. The van der Waals surface area contributed by atoms with Crippen molar-refractivity contribution in [1.29, 1.82) is 0 Å². The van der Waals surface area contributed by atoms with Crippen molar-refractivity contribution in [2.75, 3.05) is 6.54 Å². The summed E-state index contributed by atoms with van der Waals surface area (Å²) in [7, 11) is 0. The van der Waals surface area contributed by atoms with Crippen LogP contribution in [-0.4, -0.2) is 18.4 Å². The van der Waals surface area contributed by atoms with E-state index in [9.17, 15) is 9.59 Å². The van der Waals surface area contributed by atoms with Gasteiger partial charge in [0.1, 0.15) is 0 Å². The normalized spacial score (nSPS) is 12.0. The van der Waals surface area contributed by atoms with Crippen LogP contribution in [0.25, 0.3) is 0 Å². The van der Waals surface area contributed by atoms with E-state index < -0.39 is 0 Å².